The van der Waals surface area contributed by atoms with Crippen molar-refractivity contribution in [3.63, 3.8) is 0 Å². The molecule has 2 saturated heterocycles. The summed E-state index contributed by atoms with van der Waals surface area (Å²) in [4.78, 5) is 48.3. The summed E-state index contributed by atoms with van der Waals surface area (Å²) < 4.78 is 27.9. The van der Waals surface area contributed by atoms with Crippen LogP contribution in [0.25, 0.3) is 0 Å². The fourth-order valence-electron chi connectivity index (χ4n) is 7.65. The van der Waals surface area contributed by atoms with E-state index in [4.69, 9.17) is 40.1 Å². The Morgan fingerprint density at radius 2 is 1.62 bits per heavy atom. The lowest BCUT2D eigenvalue weighted by atomic mass is 9.83. The summed E-state index contributed by atoms with van der Waals surface area (Å²) in [5.74, 6) is 1.30. The van der Waals surface area contributed by atoms with E-state index in [-0.39, 0.29) is 36.7 Å². The Labute approximate surface area is 371 Å². The average Bonchev–Trinajstić information content (AvgIpc) is 3.76. The lowest BCUT2D eigenvalue weighted by Crippen LogP contribution is -2.63. The van der Waals surface area contributed by atoms with Crippen LogP contribution in [-0.4, -0.2) is 101 Å². The van der Waals surface area contributed by atoms with Gasteiger partial charge in [-0.15, -0.1) is 0 Å². The second kappa shape index (κ2) is 26.8. The van der Waals surface area contributed by atoms with Gasteiger partial charge in [-0.2, -0.15) is 0 Å². The number of nitrogens with two attached hydrogens (primary N) is 1. The Bertz CT molecular complexity index is 1970. The van der Waals surface area contributed by atoms with Crippen LogP contribution in [-0.2, 0) is 16.2 Å². The number of halogens is 1. The monoisotopic (exact) mass is 875 g/mol. The number of phenolic OH excluding ortho intramolecular Hbond substituents is 1. The van der Waals surface area contributed by atoms with E-state index in [1.54, 1.807) is 29.8 Å². The summed E-state index contributed by atoms with van der Waals surface area (Å²) in [7, 11) is 1.43. The number of primary amides is 1. The van der Waals surface area contributed by atoms with Crippen LogP contribution >= 0.6 is 0 Å². The fraction of sp³-hybridized carbons (Fsp3) is 0.469. The number of Topliss-reactive ketones (excluding diaryl/α,β-unsaturated/α-hetero) is 1. The smallest absolute Gasteiger partial charge is 0.300 e. The molecule has 3 aromatic carbocycles. The number of aliphatic hydroxyl groups excluding tert-OH is 1. The molecule has 0 aromatic heterocycles. The quantitative estimate of drug-likeness (QED) is 0.0824. The first-order chi connectivity index (χ1) is 30.1. The number of carbonyl (C=O) groups is 4. The first-order valence-corrected chi connectivity index (χ1v) is 21.5. The lowest BCUT2D eigenvalue weighted by molar-refractivity contribution is -0.135. The van der Waals surface area contributed by atoms with Crippen LogP contribution in [0.1, 0.15) is 111 Å². The molecular weight excluding hydrogens is 810 g/mol. The van der Waals surface area contributed by atoms with E-state index in [9.17, 15) is 18.8 Å². The predicted molar refractivity (Wildman–Crippen MR) is 241 cm³/mol. The molecule has 0 bridgehead atoms. The Hall–Kier alpha value is -5.57. The molecule has 0 spiro atoms. The van der Waals surface area contributed by atoms with Gasteiger partial charge in [0.15, 0.2) is 28.8 Å². The summed E-state index contributed by atoms with van der Waals surface area (Å²) in [6.45, 7) is 14.2. The molecule has 14 heteroatoms. The van der Waals surface area contributed by atoms with Gasteiger partial charge >= 0.3 is 0 Å². The molecule has 3 aliphatic heterocycles. The number of hydrogen-bond acceptors (Lipinski definition) is 11. The number of carboxylic acid groups (broad SMARTS) is 1. The van der Waals surface area contributed by atoms with E-state index in [0.717, 1.165) is 94.7 Å². The minimum absolute atomic E-state index is 0.0383. The number of nitrogens with zero attached hydrogens (tertiary/aromatic N) is 2. The van der Waals surface area contributed by atoms with E-state index in [2.05, 4.69) is 36.3 Å². The number of fused-ring (bicyclic) bond motifs is 1. The second-order valence-corrected chi connectivity index (χ2v) is 16.1. The third kappa shape index (κ3) is 17.3. The number of amides is 1. The van der Waals surface area contributed by atoms with Gasteiger partial charge in [-0.05, 0) is 151 Å². The minimum atomic E-state index is -0.833. The number of ether oxygens (including phenoxy) is 3. The Morgan fingerprint density at radius 1 is 0.968 bits per heavy atom. The molecular formula is C49H66FN3O10. The number of carbonyl (C=O) groups excluding carboxylic acids is 3. The number of benzene rings is 3. The van der Waals surface area contributed by atoms with Crippen LogP contribution in [0.2, 0.25) is 0 Å². The number of aliphatic carboxylic acids is 1. The zero-order valence-electron chi connectivity index (χ0n) is 37.3. The molecule has 0 saturated carbocycles. The number of likely N-dealkylation sites (tertiary alicyclic amines) is 2. The normalized spacial score (nSPS) is 17.5. The molecule has 63 heavy (non-hydrogen) atoms. The SMILES string of the molecule is C=C(C)[C@H]1CC=C(C)CC1.CC(=O)O.COc1cc(C=O)ccc1O.NC(=O)C1(N2CCCCC2)CCN(CCCC(=O)c2ccc(F)cc2)CC1.OCc1ccc2c(c1)OCO2. The molecule has 0 unspecified atom stereocenters. The van der Waals surface area contributed by atoms with Gasteiger partial charge in [-0.3, -0.25) is 24.1 Å². The van der Waals surface area contributed by atoms with Crippen molar-refractivity contribution in [2.75, 3.05) is 46.6 Å². The Morgan fingerprint density at radius 3 is 2.17 bits per heavy atom. The van der Waals surface area contributed by atoms with Crippen molar-refractivity contribution < 1.29 is 53.1 Å². The number of ketones is 1. The number of phenols is 1. The highest BCUT2D eigenvalue weighted by Gasteiger charge is 2.44. The third-order valence-corrected chi connectivity index (χ3v) is 11.4. The van der Waals surface area contributed by atoms with E-state index in [1.807, 2.05) is 6.07 Å². The third-order valence-electron chi connectivity index (χ3n) is 11.4. The summed E-state index contributed by atoms with van der Waals surface area (Å²) in [6, 6.07) is 15.5. The van der Waals surface area contributed by atoms with Crippen molar-refractivity contribution in [1.82, 2.24) is 9.80 Å². The van der Waals surface area contributed by atoms with Crippen molar-refractivity contribution in [1.29, 1.82) is 0 Å². The van der Waals surface area contributed by atoms with Crippen molar-refractivity contribution in [2.45, 2.75) is 97.1 Å². The van der Waals surface area contributed by atoms with E-state index < -0.39 is 11.5 Å². The number of aliphatic hydroxyl groups is 1. The van der Waals surface area contributed by atoms with Crippen LogP contribution in [0.4, 0.5) is 4.39 Å². The maximum Gasteiger partial charge on any atom is 0.300 e. The topological polar surface area (TPSA) is 189 Å². The van der Waals surface area contributed by atoms with Crippen LogP contribution in [0, 0.1) is 11.7 Å². The summed E-state index contributed by atoms with van der Waals surface area (Å²) in [5, 5.41) is 25.3. The summed E-state index contributed by atoms with van der Waals surface area (Å²) in [6.07, 6.45) is 13.1. The van der Waals surface area contributed by atoms with Gasteiger partial charge in [0, 0.05) is 37.6 Å². The van der Waals surface area contributed by atoms with Gasteiger partial charge in [0.05, 0.1) is 13.7 Å². The zero-order chi connectivity index (χ0) is 46.4. The van der Waals surface area contributed by atoms with Crippen LogP contribution < -0.4 is 19.9 Å². The van der Waals surface area contributed by atoms with Crippen molar-refractivity contribution in [3.8, 4) is 23.0 Å². The molecule has 1 aliphatic carbocycles. The largest absolute Gasteiger partial charge is 0.504 e. The fourth-order valence-corrected chi connectivity index (χ4v) is 7.65. The van der Waals surface area contributed by atoms with Crippen LogP contribution in [0.5, 0.6) is 23.0 Å². The second-order valence-electron chi connectivity index (χ2n) is 16.1. The number of rotatable bonds is 11. The highest BCUT2D eigenvalue weighted by atomic mass is 19.1. The summed E-state index contributed by atoms with van der Waals surface area (Å²) in [5.41, 5.74) is 10.1. The van der Waals surface area contributed by atoms with Crippen molar-refractivity contribution in [3.05, 3.63) is 107 Å². The number of carboxylic acids is 1. The van der Waals surface area contributed by atoms with Gasteiger partial charge in [-0.1, -0.05) is 36.3 Å². The van der Waals surface area contributed by atoms with Crippen molar-refractivity contribution in [2.24, 2.45) is 11.7 Å². The van der Waals surface area contributed by atoms with Crippen LogP contribution in [0.15, 0.2) is 84.5 Å². The van der Waals surface area contributed by atoms with Crippen molar-refractivity contribution >= 4 is 23.9 Å². The lowest BCUT2D eigenvalue weighted by Gasteiger charge is -2.48. The number of aromatic hydroxyl groups is 1. The predicted octanol–water partition coefficient (Wildman–Crippen LogP) is 8.12. The van der Waals surface area contributed by atoms with E-state index in [0.29, 0.717) is 29.6 Å². The highest BCUT2D eigenvalue weighted by Crippen LogP contribution is 2.33. The van der Waals surface area contributed by atoms with E-state index in [1.165, 1.54) is 68.7 Å². The number of hydrogen-bond donors (Lipinski definition) is 4. The molecule has 1 atom stereocenters. The van der Waals surface area contributed by atoms with Gasteiger partial charge in [-0.25, -0.2) is 4.39 Å². The van der Waals surface area contributed by atoms with Gasteiger partial charge in [0.1, 0.15) is 17.6 Å². The van der Waals surface area contributed by atoms with Crippen LogP contribution in [0.3, 0.4) is 0 Å². The Balaban J connectivity index is 0.000000242. The maximum absolute atomic E-state index is 12.9. The average molecular weight is 876 g/mol. The first-order valence-electron chi connectivity index (χ1n) is 21.5. The molecule has 1 amide bonds. The molecule has 7 rings (SSSR count). The summed E-state index contributed by atoms with van der Waals surface area (Å²) >= 11 is 0. The van der Waals surface area contributed by atoms with Gasteiger partial charge < -0.3 is 40.2 Å². The van der Waals surface area contributed by atoms with Gasteiger partial charge in [0.25, 0.3) is 5.97 Å². The molecule has 2 fully saturated rings. The molecule has 0 radical (unpaired) electrons. The number of methoxy groups -OCH3 is 1. The molecule has 13 nitrogen and oxygen atoms in total. The standard InChI is InChI=1S/C21H30FN3O2.C10H16.2C8H8O3.C2H4O2/c22-18-8-6-17(7-9-18)19(26)5-4-12-24-15-10-21(11-16-24,20(23)27)25-13-2-1-3-14-25;1-8(2)10-6-4-9(3)5-7-10;9-4-6-1-2-7-8(3-6)11-5-10-7;1-11-8-4-6(5-9)2-3-7(8)10;1-2(3)4/h6-9H,1-5,10-16H2,(H2,23,27);4,10H,1,5-7H2,2-3H3;1-3,9H,4-5H2;2-5,10H,1H3;1H3,(H,3,4)/t;10-;;;/m.0.../s1. The number of piperidine rings is 2. The van der Waals surface area contributed by atoms with Gasteiger partial charge in [0.2, 0.25) is 12.7 Å². The highest BCUT2D eigenvalue weighted by molar-refractivity contribution is 5.96. The molecule has 3 heterocycles. The molecule has 344 valence electrons. The maximum atomic E-state index is 12.9. The minimum Gasteiger partial charge on any atom is -0.504 e. The number of aldehydes is 1. The zero-order valence-corrected chi connectivity index (χ0v) is 37.3. The van der Waals surface area contributed by atoms with E-state index >= 15 is 0 Å². The number of allylic oxidation sites excluding steroid dienone is 3. The molecule has 4 aliphatic rings. The molecule has 3 aromatic rings. The Kier molecular flexibility index (Phi) is 22.0. The molecule has 5 N–H and O–H groups in total. The first kappa shape index (κ1) is 51.8.